The van der Waals surface area contributed by atoms with Crippen molar-refractivity contribution >= 4 is 6.09 Å². The molecule has 5 nitrogen and oxygen atoms in total. The third-order valence-electron chi connectivity index (χ3n) is 4.30. The highest BCUT2D eigenvalue weighted by Gasteiger charge is 2.15. The van der Waals surface area contributed by atoms with E-state index in [4.69, 9.17) is 9.47 Å². The average molecular weight is 399 g/mol. The molecule has 29 heavy (non-hydrogen) atoms. The molecule has 5 heteroatoms. The van der Waals surface area contributed by atoms with Gasteiger partial charge in [0.1, 0.15) is 18.0 Å². The van der Waals surface area contributed by atoms with Gasteiger partial charge < -0.3 is 20.1 Å². The second-order valence-electron chi connectivity index (χ2n) is 8.45. The Labute approximate surface area is 174 Å². The van der Waals surface area contributed by atoms with Crippen LogP contribution in [0, 0.1) is 0 Å². The van der Waals surface area contributed by atoms with Crippen molar-refractivity contribution in [3.05, 3.63) is 53.6 Å². The molecular weight excluding hydrogens is 364 g/mol. The standard InChI is InChI=1S/C24H34N2O3/c1-17(2)19-7-9-20(10-8-19)21-13-18(16-25-6)14-22(15-21)28-12-11-26-23(27)29-24(3,4)5/h7-10,13-15,17,25H,11-12,16H2,1-6H3,(H,26,27). The Balaban J connectivity index is 2.05. The lowest BCUT2D eigenvalue weighted by Crippen LogP contribution is -2.34. The molecule has 0 aliphatic carbocycles. The first-order valence-electron chi connectivity index (χ1n) is 10.2. The molecule has 0 atom stereocenters. The van der Waals surface area contributed by atoms with Gasteiger partial charge in [-0.2, -0.15) is 0 Å². The topological polar surface area (TPSA) is 59.6 Å². The molecule has 158 valence electrons. The molecule has 0 unspecified atom stereocenters. The number of alkyl carbamates (subject to hydrolysis) is 1. The minimum atomic E-state index is -0.507. The summed E-state index contributed by atoms with van der Waals surface area (Å²) in [6, 6.07) is 14.9. The third kappa shape index (κ3) is 7.78. The van der Waals surface area contributed by atoms with Crippen molar-refractivity contribution in [1.82, 2.24) is 10.6 Å². The predicted molar refractivity (Wildman–Crippen MR) is 118 cm³/mol. The van der Waals surface area contributed by atoms with E-state index in [9.17, 15) is 4.79 Å². The van der Waals surface area contributed by atoms with Gasteiger partial charge in [-0.15, -0.1) is 0 Å². The smallest absolute Gasteiger partial charge is 0.407 e. The van der Waals surface area contributed by atoms with E-state index < -0.39 is 11.7 Å². The number of amides is 1. The van der Waals surface area contributed by atoms with Gasteiger partial charge in [-0.05, 0) is 74.2 Å². The predicted octanol–water partition coefficient (Wildman–Crippen LogP) is 5.10. The van der Waals surface area contributed by atoms with Crippen LogP contribution < -0.4 is 15.4 Å². The molecule has 0 aliphatic heterocycles. The molecular formula is C24H34N2O3. The van der Waals surface area contributed by atoms with E-state index in [1.54, 1.807) is 0 Å². The molecule has 0 aliphatic rings. The van der Waals surface area contributed by atoms with E-state index >= 15 is 0 Å². The van der Waals surface area contributed by atoms with E-state index in [1.165, 1.54) is 5.56 Å². The zero-order valence-corrected chi connectivity index (χ0v) is 18.5. The van der Waals surface area contributed by atoms with Crippen molar-refractivity contribution < 1.29 is 14.3 Å². The molecule has 0 bridgehead atoms. The van der Waals surface area contributed by atoms with E-state index in [0.29, 0.717) is 19.1 Å². The summed E-state index contributed by atoms with van der Waals surface area (Å²) in [4.78, 5) is 11.7. The molecule has 2 rings (SSSR count). The zero-order chi connectivity index (χ0) is 21.4. The van der Waals surface area contributed by atoms with Gasteiger partial charge in [0.05, 0.1) is 6.54 Å². The maximum Gasteiger partial charge on any atom is 0.407 e. The van der Waals surface area contributed by atoms with Crippen LogP contribution in [0.4, 0.5) is 4.79 Å². The summed E-state index contributed by atoms with van der Waals surface area (Å²) >= 11 is 0. The van der Waals surface area contributed by atoms with Crippen molar-refractivity contribution in [2.75, 3.05) is 20.2 Å². The van der Waals surface area contributed by atoms with Crippen molar-refractivity contribution in [1.29, 1.82) is 0 Å². The van der Waals surface area contributed by atoms with Crippen LogP contribution in [0.25, 0.3) is 11.1 Å². The molecule has 0 saturated heterocycles. The maximum absolute atomic E-state index is 11.7. The Hall–Kier alpha value is -2.53. The zero-order valence-electron chi connectivity index (χ0n) is 18.5. The number of ether oxygens (including phenoxy) is 2. The van der Waals surface area contributed by atoms with Crippen molar-refractivity contribution in [2.45, 2.75) is 52.7 Å². The van der Waals surface area contributed by atoms with Gasteiger partial charge in [0.15, 0.2) is 0 Å². The summed E-state index contributed by atoms with van der Waals surface area (Å²) in [5.74, 6) is 1.29. The monoisotopic (exact) mass is 398 g/mol. The molecule has 2 N–H and O–H groups in total. The Morgan fingerprint density at radius 2 is 1.72 bits per heavy atom. The minimum absolute atomic E-state index is 0.369. The summed E-state index contributed by atoms with van der Waals surface area (Å²) in [6.07, 6.45) is -0.434. The lowest BCUT2D eigenvalue weighted by atomic mass is 9.97. The first-order valence-corrected chi connectivity index (χ1v) is 10.2. The fourth-order valence-electron chi connectivity index (χ4n) is 2.91. The quantitative estimate of drug-likeness (QED) is 0.608. The number of nitrogens with one attached hydrogen (secondary N) is 2. The van der Waals surface area contributed by atoms with E-state index in [1.807, 2.05) is 40.0 Å². The van der Waals surface area contributed by atoms with E-state index in [-0.39, 0.29) is 0 Å². The lowest BCUT2D eigenvalue weighted by Gasteiger charge is -2.19. The number of hydrogen-bond acceptors (Lipinski definition) is 4. The van der Waals surface area contributed by atoms with Crippen LogP contribution in [0.2, 0.25) is 0 Å². The summed E-state index contributed by atoms with van der Waals surface area (Å²) in [5, 5.41) is 5.90. The van der Waals surface area contributed by atoms with E-state index in [2.05, 4.69) is 54.8 Å². The lowest BCUT2D eigenvalue weighted by molar-refractivity contribution is 0.0520. The average Bonchev–Trinajstić information content (AvgIpc) is 2.64. The van der Waals surface area contributed by atoms with Crippen LogP contribution in [0.1, 0.15) is 51.7 Å². The minimum Gasteiger partial charge on any atom is -0.492 e. The molecule has 0 fully saturated rings. The Morgan fingerprint density at radius 3 is 2.31 bits per heavy atom. The normalized spacial score (nSPS) is 11.4. The molecule has 0 spiro atoms. The summed E-state index contributed by atoms with van der Waals surface area (Å²) in [5.41, 5.74) is 4.23. The Kier molecular flexibility index (Phi) is 8.09. The van der Waals surface area contributed by atoms with Crippen LogP contribution in [0.5, 0.6) is 5.75 Å². The van der Waals surface area contributed by atoms with Gasteiger partial charge in [-0.3, -0.25) is 0 Å². The number of hydrogen-bond donors (Lipinski definition) is 2. The van der Waals surface area contributed by atoms with Crippen LogP contribution >= 0.6 is 0 Å². The highest BCUT2D eigenvalue weighted by molar-refractivity contribution is 5.68. The van der Waals surface area contributed by atoms with Crippen LogP contribution in [-0.2, 0) is 11.3 Å². The molecule has 2 aromatic rings. The fraction of sp³-hybridized carbons (Fsp3) is 0.458. The fourth-order valence-corrected chi connectivity index (χ4v) is 2.91. The Bertz CT molecular complexity index is 793. The van der Waals surface area contributed by atoms with Crippen molar-refractivity contribution in [3.63, 3.8) is 0 Å². The largest absolute Gasteiger partial charge is 0.492 e. The molecule has 2 aromatic carbocycles. The van der Waals surface area contributed by atoms with Crippen LogP contribution in [0.3, 0.4) is 0 Å². The van der Waals surface area contributed by atoms with Gasteiger partial charge >= 0.3 is 6.09 Å². The number of benzene rings is 2. The summed E-state index contributed by atoms with van der Waals surface area (Å²) in [7, 11) is 1.93. The van der Waals surface area contributed by atoms with Gasteiger partial charge in [0, 0.05) is 6.54 Å². The number of carbonyl (C=O) groups is 1. The number of carbonyl (C=O) groups excluding carboxylic acids is 1. The summed E-state index contributed by atoms with van der Waals surface area (Å²) < 4.78 is 11.1. The molecule has 0 aromatic heterocycles. The van der Waals surface area contributed by atoms with Crippen molar-refractivity contribution in [3.8, 4) is 16.9 Å². The first-order chi connectivity index (χ1) is 13.7. The highest BCUT2D eigenvalue weighted by atomic mass is 16.6. The van der Waals surface area contributed by atoms with Crippen LogP contribution in [-0.4, -0.2) is 31.9 Å². The molecule has 0 heterocycles. The van der Waals surface area contributed by atoms with Crippen molar-refractivity contribution in [2.24, 2.45) is 0 Å². The summed E-state index contributed by atoms with van der Waals surface area (Å²) in [6.45, 7) is 11.4. The second-order valence-corrected chi connectivity index (χ2v) is 8.45. The second kappa shape index (κ2) is 10.3. The molecule has 1 amide bonds. The molecule has 0 radical (unpaired) electrons. The number of rotatable bonds is 8. The third-order valence-corrected chi connectivity index (χ3v) is 4.30. The first kappa shape index (κ1) is 22.8. The van der Waals surface area contributed by atoms with Gasteiger partial charge in [-0.25, -0.2) is 4.79 Å². The maximum atomic E-state index is 11.7. The van der Waals surface area contributed by atoms with Gasteiger partial charge in [0.25, 0.3) is 0 Å². The SMILES string of the molecule is CNCc1cc(OCCNC(=O)OC(C)(C)C)cc(-c2ccc(C(C)C)cc2)c1. The Morgan fingerprint density at radius 1 is 1.03 bits per heavy atom. The van der Waals surface area contributed by atoms with Gasteiger partial charge in [-0.1, -0.05) is 38.1 Å². The van der Waals surface area contributed by atoms with E-state index in [0.717, 1.165) is 29.0 Å². The van der Waals surface area contributed by atoms with Crippen LogP contribution in [0.15, 0.2) is 42.5 Å². The van der Waals surface area contributed by atoms with Gasteiger partial charge in [0.2, 0.25) is 0 Å². The highest BCUT2D eigenvalue weighted by Crippen LogP contribution is 2.28. The molecule has 0 saturated carbocycles.